The van der Waals surface area contributed by atoms with Crippen LogP contribution in [0.25, 0.3) is 11.5 Å². The van der Waals surface area contributed by atoms with E-state index in [0.717, 1.165) is 5.56 Å². The van der Waals surface area contributed by atoms with E-state index >= 15 is 0 Å². The average Bonchev–Trinajstić information content (AvgIpc) is 3.04. The highest BCUT2D eigenvalue weighted by molar-refractivity contribution is 6.30. The van der Waals surface area contributed by atoms with Gasteiger partial charge >= 0.3 is 0 Å². The van der Waals surface area contributed by atoms with Gasteiger partial charge in [-0.1, -0.05) is 29.8 Å². The van der Waals surface area contributed by atoms with Crippen molar-refractivity contribution in [2.45, 2.75) is 0 Å². The lowest BCUT2D eigenvalue weighted by Gasteiger charge is -2.04. The van der Waals surface area contributed by atoms with Gasteiger partial charge in [-0.15, -0.1) is 0 Å². The highest BCUT2D eigenvalue weighted by Crippen LogP contribution is 2.18. The van der Waals surface area contributed by atoms with Crippen LogP contribution in [0.1, 0.15) is 0 Å². The third kappa shape index (κ3) is 4.08. The molecule has 6 nitrogen and oxygen atoms in total. The molecular weight excluding hydrogens is 318 g/mol. The minimum Gasteiger partial charge on any atom is -0.484 e. The third-order valence-corrected chi connectivity index (χ3v) is 3.13. The summed E-state index contributed by atoms with van der Waals surface area (Å²) < 4.78 is 10.4. The second-order valence-corrected chi connectivity index (χ2v) is 5.02. The number of hydrogen-bond acceptors (Lipinski definition) is 5. The van der Waals surface area contributed by atoms with Crippen molar-refractivity contribution < 1.29 is 14.1 Å². The number of ether oxygens (including phenoxy) is 1. The fourth-order valence-electron chi connectivity index (χ4n) is 1.81. The molecule has 7 heteroatoms. The number of rotatable bonds is 5. The van der Waals surface area contributed by atoms with Crippen LogP contribution in [0, 0.1) is 0 Å². The van der Waals surface area contributed by atoms with Gasteiger partial charge in [0, 0.05) is 10.6 Å². The van der Waals surface area contributed by atoms with Gasteiger partial charge in [-0.3, -0.25) is 10.1 Å². The van der Waals surface area contributed by atoms with Crippen LogP contribution < -0.4 is 10.1 Å². The first-order chi connectivity index (χ1) is 11.2. The summed E-state index contributed by atoms with van der Waals surface area (Å²) in [7, 11) is 0. The van der Waals surface area contributed by atoms with Gasteiger partial charge in [-0.05, 0) is 41.6 Å². The van der Waals surface area contributed by atoms with E-state index in [9.17, 15) is 4.79 Å². The number of aromatic nitrogens is 2. The standard InChI is InChI=1S/C16H12ClN3O3/c17-12-6-8-13(9-7-12)22-10-14(21)18-16-19-15(23-20-16)11-4-2-1-3-5-11/h1-9H,10H2,(H,18,20,21). The molecule has 2 aromatic carbocycles. The summed E-state index contributed by atoms with van der Waals surface area (Å²) in [6.45, 7) is -0.170. The SMILES string of the molecule is O=C(COc1ccc(Cl)cc1)Nc1noc(-c2ccccc2)n1. The highest BCUT2D eigenvalue weighted by Gasteiger charge is 2.11. The number of hydrogen-bond donors (Lipinski definition) is 1. The summed E-state index contributed by atoms with van der Waals surface area (Å²) in [4.78, 5) is 15.9. The number of nitrogens with one attached hydrogen (secondary N) is 1. The van der Waals surface area contributed by atoms with Gasteiger partial charge in [0.1, 0.15) is 5.75 Å². The number of benzene rings is 2. The van der Waals surface area contributed by atoms with Crippen molar-refractivity contribution >= 4 is 23.5 Å². The van der Waals surface area contributed by atoms with E-state index in [-0.39, 0.29) is 18.5 Å². The molecule has 0 unspecified atom stereocenters. The minimum atomic E-state index is -0.389. The van der Waals surface area contributed by atoms with Crippen molar-refractivity contribution in [3.8, 4) is 17.2 Å². The molecule has 1 N–H and O–H groups in total. The first-order valence-corrected chi connectivity index (χ1v) is 7.16. The van der Waals surface area contributed by atoms with Gasteiger partial charge in [0.25, 0.3) is 17.7 Å². The van der Waals surface area contributed by atoms with Gasteiger partial charge in [-0.25, -0.2) is 0 Å². The minimum absolute atomic E-state index is 0.0913. The molecule has 0 saturated carbocycles. The van der Waals surface area contributed by atoms with E-state index in [2.05, 4.69) is 15.5 Å². The third-order valence-electron chi connectivity index (χ3n) is 2.88. The van der Waals surface area contributed by atoms with Gasteiger partial charge in [0.05, 0.1) is 0 Å². The Morgan fingerprint density at radius 1 is 1.13 bits per heavy atom. The molecule has 23 heavy (non-hydrogen) atoms. The van der Waals surface area contributed by atoms with Crippen LogP contribution in [0.5, 0.6) is 5.75 Å². The maximum Gasteiger partial charge on any atom is 0.270 e. The first kappa shape index (κ1) is 15.1. The zero-order valence-corrected chi connectivity index (χ0v) is 12.7. The van der Waals surface area contributed by atoms with Crippen LogP contribution in [0.2, 0.25) is 5.02 Å². The summed E-state index contributed by atoms with van der Waals surface area (Å²) in [5.74, 6) is 0.580. The molecule has 0 radical (unpaired) electrons. The Hall–Kier alpha value is -2.86. The zero-order valence-electron chi connectivity index (χ0n) is 11.9. The second-order valence-electron chi connectivity index (χ2n) is 4.58. The van der Waals surface area contributed by atoms with Crippen molar-refractivity contribution in [1.82, 2.24) is 10.1 Å². The van der Waals surface area contributed by atoms with Gasteiger partial charge in [-0.2, -0.15) is 4.98 Å². The second kappa shape index (κ2) is 6.93. The van der Waals surface area contributed by atoms with Gasteiger partial charge < -0.3 is 9.26 Å². The molecule has 1 heterocycles. The summed E-state index contributed by atoms with van der Waals surface area (Å²) >= 11 is 5.77. The van der Waals surface area contributed by atoms with Crippen LogP contribution in [-0.2, 0) is 4.79 Å². The predicted octanol–water partition coefficient (Wildman–Crippen LogP) is 3.41. The Labute approximate surface area is 137 Å². The van der Waals surface area contributed by atoms with E-state index in [0.29, 0.717) is 16.7 Å². The monoisotopic (exact) mass is 329 g/mol. The fourth-order valence-corrected chi connectivity index (χ4v) is 1.94. The van der Waals surface area contributed by atoms with Crippen molar-refractivity contribution in [3.05, 3.63) is 59.6 Å². The summed E-state index contributed by atoms with van der Waals surface area (Å²) in [5.41, 5.74) is 0.776. The van der Waals surface area contributed by atoms with Crippen molar-refractivity contribution in [1.29, 1.82) is 0 Å². The van der Waals surface area contributed by atoms with Crippen LogP contribution in [0.3, 0.4) is 0 Å². The zero-order chi connectivity index (χ0) is 16.1. The topological polar surface area (TPSA) is 77.2 Å². The molecular formula is C16H12ClN3O3. The average molecular weight is 330 g/mol. The molecule has 3 rings (SSSR count). The predicted molar refractivity (Wildman–Crippen MR) is 85.3 cm³/mol. The summed E-state index contributed by atoms with van der Waals surface area (Å²) in [6, 6.07) is 16.0. The fraction of sp³-hybridized carbons (Fsp3) is 0.0625. The normalized spacial score (nSPS) is 10.3. The number of halogens is 1. The van der Waals surface area contributed by atoms with Crippen molar-refractivity contribution in [2.24, 2.45) is 0 Å². The van der Waals surface area contributed by atoms with E-state index < -0.39 is 0 Å². The molecule has 0 saturated heterocycles. The van der Waals surface area contributed by atoms with Crippen molar-refractivity contribution in [2.75, 3.05) is 11.9 Å². The maximum absolute atomic E-state index is 11.8. The first-order valence-electron chi connectivity index (χ1n) is 6.78. The number of carbonyl (C=O) groups excluding carboxylic acids is 1. The lowest BCUT2D eigenvalue weighted by molar-refractivity contribution is -0.118. The number of amides is 1. The van der Waals surface area contributed by atoms with E-state index in [4.69, 9.17) is 20.9 Å². The van der Waals surface area contributed by atoms with E-state index in [1.54, 1.807) is 24.3 Å². The van der Waals surface area contributed by atoms with E-state index in [1.165, 1.54) is 0 Å². The maximum atomic E-state index is 11.8. The smallest absolute Gasteiger partial charge is 0.270 e. The number of carbonyl (C=O) groups is 1. The lowest BCUT2D eigenvalue weighted by atomic mass is 10.2. The quantitative estimate of drug-likeness (QED) is 0.776. The van der Waals surface area contributed by atoms with E-state index in [1.807, 2.05) is 30.3 Å². The molecule has 0 fully saturated rings. The van der Waals surface area contributed by atoms with Crippen LogP contribution in [-0.4, -0.2) is 22.7 Å². The lowest BCUT2D eigenvalue weighted by Crippen LogP contribution is -2.20. The van der Waals surface area contributed by atoms with Crippen LogP contribution >= 0.6 is 11.6 Å². The molecule has 0 aliphatic heterocycles. The van der Waals surface area contributed by atoms with Crippen molar-refractivity contribution in [3.63, 3.8) is 0 Å². The molecule has 3 aromatic rings. The molecule has 0 bridgehead atoms. The molecule has 0 spiro atoms. The molecule has 0 aliphatic carbocycles. The Morgan fingerprint density at radius 3 is 2.61 bits per heavy atom. The number of anilines is 1. The Morgan fingerprint density at radius 2 is 1.87 bits per heavy atom. The largest absolute Gasteiger partial charge is 0.484 e. The molecule has 1 amide bonds. The summed E-state index contributed by atoms with van der Waals surface area (Å²) in [5, 5.41) is 6.81. The molecule has 1 aromatic heterocycles. The van der Waals surface area contributed by atoms with Crippen LogP contribution in [0.4, 0.5) is 5.95 Å². The Balaban J connectivity index is 1.56. The highest BCUT2D eigenvalue weighted by atomic mass is 35.5. The van der Waals surface area contributed by atoms with Gasteiger partial charge in [0.2, 0.25) is 0 Å². The van der Waals surface area contributed by atoms with Crippen LogP contribution in [0.15, 0.2) is 59.1 Å². The summed E-state index contributed by atoms with van der Waals surface area (Å²) in [6.07, 6.45) is 0. The van der Waals surface area contributed by atoms with Gasteiger partial charge in [0.15, 0.2) is 6.61 Å². The molecule has 0 atom stereocenters. The molecule has 116 valence electrons. The molecule has 0 aliphatic rings. The Kier molecular flexibility index (Phi) is 4.54. The number of nitrogens with zero attached hydrogens (tertiary/aromatic N) is 2. The Bertz CT molecular complexity index is 788.